The van der Waals surface area contributed by atoms with E-state index in [-0.39, 0.29) is 24.0 Å². The number of nitrogens with one attached hydrogen (secondary N) is 1. The molecule has 0 atom stereocenters. The molecule has 5 heteroatoms. The first kappa shape index (κ1) is 21.0. The number of aliphatic imine (C=N–C) groups is 1. The summed E-state index contributed by atoms with van der Waals surface area (Å²) in [5.74, 6) is 1.14. The Kier molecular flexibility index (Phi) is 10.5. The van der Waals surface area contributed by atoms with Crippen molar-refractivity contribution in [3.63, 3.8) is 0 Å². The molecular formula is C18H36IN3O. The Morgan fingerprint density at radius 2 is 1.91 bits per heavy atom. The van der Waals surface area contributed by atoms with Crippen LogP contribution in [0.25, 0.3) is 0 Å². The average molecular weight is 437 g/mol. The van der Waals surface area contributed by atoms with Crippen LogP contribution in [0.1, 0.15) is 65.2 Å². The fourth-order valence-electron chi connectivity index (χ4n) is 3.90. The number of hydrogen-bond acceptors (Lipinski definition) is 2. The second kappa shape index (κ2) is 11.5. The van der Waals surface area contributed by atoms with E-state index in [1.807, 2.05) is 0 Å². The Bertz CT molecular complexity index is 343. The van der Waals surface area contributed by atoms with Crippen molar-refractivity contribution in [3.8, 4) is 0 Å². The first-order valence-corrected chi connectivity index (χ1v) is 9.41. The molecule has 1 spiro atoms. The van der Waals surface area contributed by atoms with E-state index in [0.29, 0.717) is 5.41 Å². The SMILES string of the molecule is CCNC(=NCCCCOCC)N1CCC2(CCCCC2)C1.I. The van der Waals surface area contributed by atoms with Gasteiger partial charge in [0.15, 0.2) is 5.96 Å². The van der Waals surface area contributed by atoms with Gasteiger partial charge in [-0.1, -0.05) is 19.3 Å². The topological polar surface area (TPSA) is 36.9 Å². The molecule has 1 saturated carbocycles. The average Bonchev–Trinajstić information content (AvgIpc) is 2.94. The molecule has 0 aromatic heterocycles. The molecule has 1 saturated heterocycles. The summed E-state index contributed by atoms with van der Waals surface area (Å²) < 4.78 is 5.39. The normalized spacial score (nSPS) is 20.6. The number of unbranched alkanes of at least 4 members (excludes halogenated alkanes) is 1. The highest BCUT2D eigenvalue weighted by molar-refractivity contribution is 14.0. The fraction of sp³-hybridized carbons (Fsp3) is 0.944. The zero-order valence-electron chi connectivity index (χ0n) is 15.1. The molecule has 2 rings (SSSR count). The molecule has 136 valence electrons. The van der Waals surface area contributed by atoms with Gasteiger partial charge in [0.05, 0.1) is 0 Å². The molecule has 0 radical (unpaired) electrons. The molecule has 0 amide bonds. The number of rotatable bonds is 7. The van der Waals surface area contributed by atoms with Crippen molar-refractivity contribution in [2.45, 2.75) is 65.2 Å². The van der Waals surface area contributed by atoms with Crippen LogP contribution in [0.2, 0.25) is 0 Å². The minimum absolute atomic E-state index is 0. The van der Waals surface area contributed by atoms with E-state index in [1.54, 1.807) is 0 Å². The van der Waals surface area contributed by atoms with Crippen molar-refractivity contribution >= 4 is 29.9 Å². The van der Waals surface area contributed by atoms with Gasteiger partial charge in [-0.15, -0.1) is 24.0 Å². The third-order valence-corrected chi connectivity index (χ3v) is 5.15. The zero-order valence-corrected chi connectivity index (χ0v) is 17.4. The van der Waals surface area contributed by atoms with Crippen LogP contribution in [0.15, 0.2) is 4.99 Å². The zero-order chi connectivity index (χ0) is 15.7. The summed E-state index contributed by atoms with van der Waals surface area (Å²) in [4.78, 5) is 7.36. The van der Waals surface area contributed by atoms with E-state index in [1.165, 1.54) is 51.6 Å². The van der Waals surface area contributed by atoms with E-state index in [2.05, 4.69) is 24.1 Å². The van der Waals surface area contributed by atoms with Gasteiger partial charge in [0.2, 0.25) is 0 Å². The lowest BCUT2D eigenvalue weighted by molar-refractivity contribution is 0.144. The second-order valence-corrected chi connectivity index (χ2v) is 6.87. The quantitative estimate of drug-likeness (QED) is 0.283. The molecule has 4 nitrogen and oxygen atoms in total. The third-order valence-electron chi connectivity index (χ3n) is 5.15. The number of guanidine groups is 1. The van der Waals surface area contributed by atoms with Gasteiger partial charge >= 0.3 is 0 Å². The molecule has 1 heterocycles. The highest BCUT2D eigenvalue weighted by Crippen LogP contribution is 2.43. The molecule has 0 unspecified atom stereocenters. The summed E-state index contributed by atoms with van der Waals surface area (Å²) >= 11 is 0. The smallest absolute Gasteiger partial charge is 0.193 e. The highest BCUT2D eigenvalue weighted by atomic mass is 127. The summed E-state index contributed by atoms with van der Waals surface area (Å²) in [6.45, 7) is 10.2. The maximum absolute atomic E-state index is 5.39. The molecule has 0 aromatic carbocycles. The van der Waals surface area contributed by atoms with E-state index in [0.717, 1.165) is 45.1 Å². The summed E-state index contributed by atoms with van der Waals surface area (Å²) in [5, 5.41) is 3.49. The number of nitrogens with zero attached hydrogens (tertiary/aromatic N) is 2. The van der Waals surface area contributed by atoms with Crippen LogP contribution >= 0.6 is 24.0 Å². The Balaban J connectivity index is 0.00000264. The van der Waals surface area contributed by atoms with Crippen molar-refractivity contribution in [2.24, 2.45) is 10.4 Å². The van der Waals surface area contributed by atoms with Crippen molar-refractivity contribution in [3.05, 3.63) is 0 Å². The molecule has 1 aliphatic carbocycles. The molecule has 1 N–H and O–H groups in total. The first-order valence-electron chi connectivity index (χ1n) is 9.41. The summed E-state index contributed by atoms with van der Waals surface area (Å²) in [6, 6.07) is 0. The van der Waals surface area contributed by atoms with Gasteiger partial charge in [0.1, 0.15) is 0 Å². The van der Waals surface area contributed by atoms with Crippen LogP contribution in [-0.4, -0.2) is 50.3 Å². The molecule has 2 fully saturated rings. The van der Waals surface area contributed by atoms with Crippen LogP contribution in [0.4, 0.5) is 0 Å². The molecule has 0 aromatic rings. The minimum Gasteiger partial charge on any atom is -0.382 e. The maximum atomic E-state index is 5.39. The molecule has 1 aliphatic heterocycles. The van der Waals surface area contributed by atoms with Crippen molar-refractivity contribution < 1.29 is 4.74 Å². The Labute approximate surface area is 159 Å². The summed E-state index contributed by atoms with van der Waals surface area (Å²) in [6.07, 6.45) is 10.7. The second-order valence-electron chi connectivity index (χ2n) is 6.87. The van der Waals surface area contributed by atoms with Gasteiger partial charge in [-0.2, -0.15) is 0 Å². The monoisotopic (exact) mass is 437 g/mol. The van der Waals surface area contributed by atoms with Crippen molar-refractivity contribution in [1.82, 2.24) is 10.2 Å². The fourth-order valence-corrected chi connectivity index (χ4v) is 3.90. The minimum atomic E-state index is 0. The lowest BCUT2D eigenvalue weighted by atomic mass is 9.73. The van der Waals surface area contributed by atoms with Crippen molar-refractivity contribution in [1.29, 1.82) is 0 Å². The molecule has 0 bridgehead atoms. The summed E-state index contributed by atoms with van der Waals surface area (Å²) in [7, 11) is 0. The third kappa shape index (κ3) is 6.77. The maximum Gasteiger partial charge on any atom is 0.193 e. The Hall–Kier alpha value is -0.0400. The van der Waals surface area contributed by atoms with Gasteiger partial charge in [-0.05, 0) is 51.4 Å². The van der Waals surface area contributed by atoms with E-state index >= 15 is 0 Å². The number of halogens is 1. The number of ether oxygens (including phenoxy) is 1. The van der Waals surface area contributed by atoms with Gasteiger partial charge < -0.3 is 15.0 Å². The van der Waals surface area contributed by atoms with Gasteiger partial charge in [-0.3, -0.25) is 4.99 Å². The van der Waals surface area contributed by atoms with E-state index in [4.69, 9.17) is 9.73 Å². The highest BCUT2D eigenvalue weighted by Gasteiger charge is 2.39. The van der Waals surface area contributed by atoms with E-state index < -0.39 is 0 Å². The van der Waals surface area contributed by atoms with Crippen LogP contribution in [0.3, 0.4) is 0 Å². The largest absolute Gasteiger partial charge is 0.382 e. The Morgan fingerprint density at radius 3 is 2.61 bits per heavy atom. The van der Waals surface area contributed by atoms with Crippen molar-refractivity contribution in [2.75, 3.05) is 39.4 Å². The first-order chi connectivity index (χ1) is 10.8. The summed E-state index contributed by atoms with van der Waals surface area (Å²) in [5.41, 5.74) is 0.601. The standard InChI is InChI=1S/C18H35N3O.HI/c1-3-19-17(20-13-8-9-15-22-4-2)21-14-12-18(16-21)10-6-5-7-11-18;/h3-16H2,1-2H3,(H,19,20);1H. The number of likely N-dealkylation sites (tertiary alicyclic amines) is 1. The van der Waals surface area contributed by atoms with Gasteiger partial charge in [0.25, 0.3) is 0 Å². The Morgan fingerprint density at radius 1 is 1.13 bits per heavy atom. The molecular weight excluding hydrogens is 401 g/mol. The van der Waals surface area contributed by atoms with Crippen LogP contribution in [0, 0.1) is 5.41 Å². The predicted molar refractivity (Wildman–Crippen MR) is 109 cm³/mol. The number of hydrogen-bond donors (Lipinski definition) is 1. The molecule has 2 aliphatic rings. The predicted octanol–water partition coefficient (Wildman–Crippen LogP) is 4.04. The van der Waals surface area contributed by atoms with Crippen LogP contribution < -0.4 is 5.32 Å². The van der Waals surface area contributed by atoms with E-state index in [9.17, 15) is 0 Å². The van der Waals surface area contributed by atoms with Gasteiger partial charge in [-0.25, -0.2) is 0 Å². The van der Waals surface area contributed by atoms with Crippen LogP contribution in [0.5, 0.6) is 0 Å². The lowest BCUT2D eigenvalue weighted by Gasteiger charge is -2.33. The van der Waals surface area contributed by atoms with Gasteiger partial charge in [0, 0.05) is 39.4 Å². The molecule has 23 heavy (non-hydrogen) atoms. The van der Waals surface area contributed by atoms with Crippen LogP contribution in [-0.2, 0) is 4.74 Å². The lowest BCUT2D eigenvalue weighted by Crippen LogP contribution is -2.41.